The first-order valence-electron chi connectivity index (χ1n) is 2.83. The molecule has 0 bridgehead atoms. The molecule has 0 fully saturated rings. The van der Waals surface area contributed by atoms with E-state index in [0.29, 0.717) is 6.42 Å². The van der Waals surface area contributed by atoms with Gasteiger partial charge in [0.05, 0.1) is 0 Å². The third-order valence-electron chi connectivity index (χ3n) is 0.799. The Morgan fingerprint density at radius 2 is 2.45 bits per heavy atom. The molecule has 0 aliphatic heterocycles. The molecule has 0 saturated heterocycles. The van der Waals surface area contributed by atoms with Crippen molar-refractivity contribution >= 4 is 17.3 Å². The lowest BCUT2D eigenvalue weighted by Crippen LogP contribution is -2.23. The molecule has 0 aliphatic carbocycles. The van der Waals surface area contributed by atoms with Gasteiger partial charge >= 0.3 is 0 Å². The van der Waals surface area contributed by atoms with Gasteiger partial charge in [-0.05, 0) is 6.42 Å². The van der Waals surface area contributed by atoms with Crippen LogP contribution in [0.25, 0.3) is 0 Å². The van der Waals surface area contributed by atoms with Crippen molar-refractivity contribution in [3.05, 3.63) is 12.7 Å². The lowest BCUT2D eigenvalue weighted by atomic mass is 10.3. The highest BCUT2D eigenvalue weighted by atomic mass is 32.2. The summed E-state index contributed by atoms with van der Waals surface area (Å²) in [6.07, 6.45) is 2.20. The monoisotopic (exact) mass is 178 g/mol. The van der Waals surface area contributed by atoms with Crippen molar-refractivity contribution in [1.82, 2.24) is 5.48 Å². The largest absolute Gasteiger partial charge is 0.748 e. The molecular weight excluding hydrogens is 170 g/mol. The molecule has 0 aromatic rings. The second-order valence-electron chi connectivity index (χ2n) is 1.64. The van der Waals surface area contributed by atoms with Gasteiger partial charge in [0.1, 0.15) is 11.4 Å². The van der Waals surface area contributed by atoms with Gasteiger partial charge in [0.15, 0.2) is 0 Å². The van der Waals surface area contributed by atoms with Crippen molar-refractivity contribution in [2.45, 2.75) is 12.8 Å². The van der Waals surface area contributed by atoms with E-state index in [9.17, 15) is 13.6 Å². The fourth-order valence-corrected chi connectivity index (χ4v) is 0.526. The van der Waals surface area contributed by atoms with E-state index >= 15 is 0 Å². The Labute approximate surface area is 66.9 Å². The average molecular weight is 178 g/mol. The Balaban J connectivity index is 3.37. The Kier molecular flexibility index (Phi) is 5.63. The van der Waals surface area contributed by atoms with E-state index in [1.807, 2.05) is 0 Å². The van der Waals surface area contributed by atoms with Gasteiger partial charge < -0.3 is 4.55 Å². The van der Waals surface area contributed by atoms with Crippen LogP contribution in [0.5, 0.6) is 0 Å². The molecule has 64 valence electrons. The van der Waals surface area contributed by atoms with Crippen molar-refractivity contribution in [3.8, 4) is 0 Å². The molecule has 0 heterocycles. The highest BCUT2D eigenvalue weighted by molar-refractivity contribution is 7.74. The van der Waals surface area contributed by atoms with Gasteiger partial charge in [-0.15, -0.1) is 6.58 Å². The van der Waals surface area contributed by atoms with Crippen molar-refractivity contribution < 1.29 is 17.8 Å². The second-order valence-corrected chi connectivity index (χ2v) is 2.21. The number of carbonyl (C=O) groups excluding carboxylic acids is 1. The Hall–Kier alpha value is -0.720. The minimum absolute atomic E-state index is 0.167. The summed E-state index contributed by atoms with van der Waals surface area (Å²) >= 11 is -2.70. The van der Waals surface area contributed by atoms with Gasteiger partial charge in [-0.1, -0.05) is 6.08 Å². The van der Waals surface area contributed by atoms with Gasteiger partial charge in [0.25, 0.3) is 0 Å². The number of amides is 1. The topological polar surface area (TPSA) is 78.5 Å². The van der Waals surface area contributed by atoms with E-state index in [4.69, 9.17) is 0 Å². The number of hydroxylamine groups is 1. The molecule has 0 aromatic heterocycles. The maximum Gasteiger partial charge on any atom is 0.244 e. The van der Waals surface area contributed by atoms with Crippen molar-refractivity contribution in [1.29, 1.82) is 0 Å². The van der Waals surface area contributed by atoms with Crippen LogP contribution in [0.1, 0.15) is 12.8 Å². The standard InChI is InChI=1S/C5H9NO4S/c1-2-3-4-5(7)6-10-11(8)9/h2H,1,3-4H2,(H,6,7)(H,8,9)/p-1. The molecule has 0 spiro atoms. The molecule has 0 radical (unpaired) electrons. The van der Waals surface area contributed by atoms with Crippen molar-refractivity contribution in [2.75, 3.05) is 0 Å². The van der Waals surface area contributed by atoms with E-state index in [1.165, 1.54) is 0 Å². The summed E-state index contributed by atoms with van der Waals surface area (Å²) < 4.78 is 23.2. The Morgan fingerprint density at radius 1 is 1.82 bits per heavy atom. The van der Waals surface area contributed by atoms with E-state index in [2.05, 4.69) is 10.9 Å². The van der Waals surface area contributed by atoms with Gasteiger partial charge in [-0.2, -0.15) is 4.28 Å². The summed E-state index contributed by atoms with van der Waals surface area (Å²) in [6, 6.07) is 0. The maximum atomic E-state index is 10.5. The van der Waals surface area contributed by atoms with Crippen LogP contribution >= 0.6 is 0 Å². The van der Waals surface area contributed by atoms with Crippen LogP contribution in [0, 0.1) is 0 Å². The minimum Gasteiger partial charge on any atom is -0.748 e. The normalized spacial score (nSPS) is 12.1. The fourth-order valence-electron chi connectivity index (χ4n) is 0.365. The summed E-state index contributed by atoms with van der Waals surface area (Å²) in [5.41, 5.74) is 1.72. The first-order chi connectivity index (χ1) is 5.16. The van der Waals surface area contributed by atoms with Crippen molar-refractivity contribution in [3.63, 3.8) is 0 Å². The summed E-state index contributed by atoms with van der Waals surface area (Å²) in [5.74, 6) is -0.492. The van der Waals surface area contributed by atoms with Crippen LogP contribution in [-0.2, 0) is 20.4 Å². The van der Waals surface area contributed by atoms with Crippen LogP contribution in [0.2, 0.25) is 0 Å². The van der Waals surface area contributed by atoms with Gasteiger partial charge in [0, 0.05) is 6.42 Å². The Morgan fingerprint density at radius 3 is 2.91 bits per heavy atom. The third kappa shape index (κ3) is 7.17. The molecule has 1 N–H and O–H groups in total. The zero-order valence-corrected chi connectivity index (χ0v) is 6.56. The molecule has 11 heavy (non-hydrogen) atoms. The summed E-state index contributed by atoms with van der Waals surface area (Å²) in [4.78, 5) is 10.5. The molecule has 5 nitrogen and oxygen atoms in total. The lowest BCUT2D eigenvalue weighted by molar-refractivity contribution is -0.127. The van der Waals surface area contributed by atoms with Gasteiger partial charge in [0.2, 0.25) is 5.91 Å². The smallest absolute Gasteiger partial charge is 0.244 e. The minimum atomic E-state index is -2.70. The molecule has 1 atom stereocenters. The molecule has 0 saturated carbocycles. The highest BCUT2D eigenvalue weighted by Gasteiger charge is 1.97. The number of allylic oxidation sites excluding steroid dienone is 1. The van der Waals surface area contributed by atoms with E-state index in [-0.39, 0.29) is 6.42 Å². The molecule has 0 aromatic carbocycles. The molecule has 1 amide bonds. The third-order valence-corrected chi connectivity index (χ3v) is 1.02. The quantitative estimate of drug-likeness (QED) is 0.359. The summed E-state index contributed by atoms with van der Waals surface area (Å²) in [7, 11) is 0. The van der Waals surface area contributed by atoms with Crippen LogP contribution in [0.4, 0.5) is 0 Å². The predicted molar refractivity (Wildman–Crippen MR) is 37.6 cm³/mol. The van der Waals surface area contributed by atoms with Crippen LogP contribution in [0.15, 0.2) is 12.7 Å². The van der Waals surface area contributed by atoms with Gasteiger partial charge in [-0.3, -0.25) is 4.79 Å². The van der Waals surface area contributed by atoms with E-state index < -0.39 is 17.3 Å². The van der Waals surface area contributed by atoms with Crippen LogP contribution < -0.4 is 5.48 Å². The van der Waals surface area contributed by atoms with E-state index in [0.717, 1.165) is 0 Å². The molecule has 1 unspecified atom stereocenters. The molecule has 6 heteroatoms. The first-order valence-corrected chi connectivity index (χ1v) is 3.83. The number of hydrogen-bond acceptors (Lipinski definition) is 4. The summed E-state index contributed by atoms with van der Waals surface area (Å²) in [6.45, 7) is 3.39. The first kappa shape index (κ1) is 10.3. The van der Waals surface area contributed by atoms with E-state index in [1.54, 1.807) is 11.6 Å². The van der Waals surface area contributed by atoms with Crippen molar-refractivity contribution in [2.24, 2.45) is 0 Å². The zero-order chi connectivity index (χ0) is 8.69. The Bertz CT molecular complexity index is 170. The molecular formula is C5H8NO4S-. The predicted octanol–water partition coefficient (Wildman–Crippen LogP) is -0.205. The SMILES string of the molecule is C=CCCC(=O)NOS(=O)[O-]. The second kappa shape index (κ2) is 6.02. The number of carbonyl (C=O) groups is 1. The number of rotatable bonds is 5. The van der Waals surface area contributed by atoms with Crippen LogP contribution in [-0.4, -0.2) is 14.7 Å². The number of nitrogens with one attached hydrogen (secondary N) is 1. The lowest BCUT2D eigenvalue weighted by Gasteiger charge is -2.04. The molecule has 0 aliphatic rings. The average Bonchev–Trinajstić information content (AvgIpc) is 1.97. The van der Waals surface area contributed by atoms with Gasteiger partial charge in [-0.25, -0.2) is 9.69 Å². The fraction of sp³-hybridized carbons (Fsp3) is 0.400. The highest BCUT2D eigenvalue weighted by Crippen LogP contribution is 1.88. The van der Waals surface area contributed by atoms with Crippen LogP contribution in [0.3, 0.4) is 0 Å². The molecule has 0 rings (SSSR count). The summed E-state index contributed by atoms with van der Waals surface area (Å²) in [5, 5.41) is 0. The maximum absolute atomic E-state index is 10.5. The number of hydrogen-bond donors (Lipinski definition) is 1. The zero-order valence-electron chi connectivity index (χ0n) is 5.74.